The molecule has 0 aromatic carbocycles. The number of pyridine rings is 1. The summed E-state index contributed by atoms with van der Waals surface area (Å²) >= 11 is 3.36. The van der Waals surface area contributed by atoms with Crippen molar-refractivity contribution in [2.75, 3.05) is 0 Å². The minimum atomic E-state index is -0.764. The molecule has 0 spiro atoms. The van der Waals surface area contributed by atoms with E-state index >= 15 is 0 Å². The monoisotopic (exact) mass is 326 g/mol. The van der Waals surface area contributed by atoms with Gasteiger partial charge in [-0.25, -0.2) is 14.8 Å². The first-order chi connectivity index (χ1) is 8.85. The van der Waals surface area contributed by atoms with Gasteiger partial charge in [-0.2, -0.15) is 0 Å². The summed E-state index contributed by atoms with van der Waals surface area (Å²) in [6.45, 7) is 3.63. The predicted molar refractivity (Wildman–Crippen MR) is 74.7 cm³/mol. The molecule has 2 heterocycles. The smallest absolute Gasteiger partial charge is 0.405 e. The number of nitrogens with one attached hydrogen (secondary N) is 1. The topological polar surface area (TPSA) is 93.9 Å². The lowest BCUT2D eigenvalue weighted by molar-refractivity contribution is 0.0391. The maximum atomic E-state index is 10.8. The molecule has 7 heteroatoms. The molecule has 102 valence electrons. The summed E-state index contributed by atoms with van der Waals surface area (Å²) in [5, 5.41) is 0. The first-order valence-electron chi connectivity index (χ1n) is 5.84. The van der Waals surface area contributed by atoms with E-state index in [1.807, 2.05) is 19.9 Å². The summed E-state index contributed by atoms with van der Waals surface area (Å²) in [7, 11) is 0. The first-order valence-corrected chi connectivity index (χ1v) is 6.64. The SMILES string of the molecule is CC(C)(CCc1nc2ncc(Br)cc2[nH]1)OC(N)=O. The number of nitrogens with two attached hydrogens (primary N) is 1. The van der Waals surface area contributed by atoms with Gasteiger partial charge < -0.3 is 15.5 Å². The van der Waals surface area contributed by atoms with Gasteiger partial charge in [-0.15, -0.1) is 0 Å². The van der Waals surface area contributed by atoms with E-state index in [-0.39, 0.29) is 0 Å². The van der Waals surface area contributed by atoms with Gasteiger partial charge in [0.2, 0.25) is 0 Å². The molecule has 0 saturated heterocycles. The number of rotatable bonds is 4. The molecule has 6 nitrogen and oxygen atoms in total. The number of aryl methyl sites for hydroxylation is 1. The third kappa shape index (κ3) is 3.66. The molecule has 1 amide bonds. The number of hydrogen-bond donors (Lipinski definition) is 2. The van der Waals surface area contributed by atoms with Crippen LogP contribution in [0.1, 0.15) is 26.1 Å². The molecule has 0 aliphatic carbocycles. The maximum absolute atomic E-state index is 10.8. The second-order valence-corrected chi connectivity index (χ2v) is 5.80. The van der Waals surface area contributed by atoms with Gasteiger partial charge in [0.05, 0.1) is 5.52 Å². The van der Waals surface area contributed by atoms with Crippen LogP contribution in [0.15, 0.2) is 16.7 Å². The zero-order valence-corrected chi connectivity index (χ0v) is 12.3. The van der Waals surface area contributed by atoms with Crippen LogP contribution in [-0.2, 0) is 11.2 Å². The average Bonchev–Trinajstić information content (AvgIpc) is 2.66. The molecular weight excluding hydrogens is 312 g/mol. The summed E-state index contributed by atoms with van der Waals surface area (Å²) in [5.74, 6) is 0.807. The van der Waals surface area contributed by atoms with Crippen molar-refractivity contribution in [3.63, 3.8) is 0 Å². The van der Waals surface area contributed by atoms with E-state index in [1.54, 1.807) is 6.20 Å². The van der Waals surface area contributed by atoms with Gasteiger partial charge in [-0.1, -0.05) is 0 Å². The fourth-order valence-electron chi connectivity index (χ4n) is 1.79. The second kappa shape index (κ2) is 5.16. The number of halogens is 1. The Hall–Kier alpha value is -1.63. The van der Waals surface area contributed by atoms with Gasteiger partial charge in [-0.05, 0) is 42.3 Å². The number of imidazole rings is 1. The Morgan fingerprint density at radius 1 is 1.58 bits per heavy atom. The second-order valence-electron chi connectivity index (χ2n) is 4.89. The van der Waals surface area contributed by atoms with Crippen molar-refractivity contribution in [2.45, 2.75) is 32.3 Å². The lowest BCUT2D eigenvalue weighted by atomic mass is 10.0. The van der Waals surface area contributed by atoms with Crippen molar-refractivity contribution >= 4 is 33.2 Å². The minimum absolute atomic E-state index is 0.612. The highest BCUT2D eigenvalue weighted by Crippen LogP contribution is 2.19. The number of ether oxygens (including phenoxy) is 1. The Balaban J connectivity index is 2.07. The lowest BCUT2D eigenvalue weighted by Gasteiger charge is -2.23. The van der Waals surface area contributed by atoms with Crippen LogP contribution in [-0.4, -0.2) is 26.6 Å². The van der Waals surface area contributed by atoms with Gasteiger partial charge in [0.25, 0.3) is 0 Å². The van der Waals surface area contributed by atoms with Crippen LogP contribution in [0.25, 0.3) is 11.2 Å². The van der Waals surface area contributed by atoms with Crippen molar-refractivity contribution in [1.29, 1.82) is 0 Å². The molecule has 0 saturated carbocycles. The first kappa shape index (κ1) is 13.8. The maximum Gasteiger partial charge on any atom is 0.405 e. The third-order valence-electron chi connectivity index (χ3n) is 2.69. The van der Waals surface area contributed by atoms with Crippen LogP contribution in [0.5, 0.6) is 0 Å². The number of aromatic amines is 1. The largest absolute Gasteiger partial charge is 0.444 e. The number of fused-ring (bicyclic) bond motifs is 1. The van der Waals surface area contributed by atoms with Crippen molar-refractivity contribution in [3.05, 3.63) is 22.6 Å². The molecule has 2 aromatic rings. The Morgan fingerprint density at radius 3 is 3.00 bits per heavy atom. The molecule has 0 fully saturated rings. The average molecular weight is 327 g/mol. The van der Waals surface area contributed by atoms with E-state index in [0.717, 1.165) is 15.8 Å². The van der Waals surface area contributed by atoms with Crippen molar-refractivity contribution in [1.82, 2.24) is 15.0 Å². The molecule has 2 aromatic heterocycles. The molecular formula is C12H15BrN4O2. The Morgan fingerprint density at radius 2 is 2.32 bits per heavy atom. The van der Waals surface area contributed by atoms with Crippen LogP contribution < -0.4 is 5.73 Å². The third-order valence-corrected chi connectivity index (χ3v) is 3.13. The zero-order chi connectivity index (χ0) is 14.0. The van der Waals surface area contributed by atoms with Crippen LogP contribution >= 0.6 is 15.9 Å². The summed E-state index contributed by atoms with van der Waals surface area (Å²) in [6.07, 6.45) is 2.21. The van der Waals surface area contributed by atoms with Gasteiger partial charge in [-0.3, -0.25) is 0 Å². The van der Waals surface area contributed by atoms with Crippen molar-refractivity contribution in [3.8, 4) is 0 Å². The van der Waals surface area contributed by atoms with E-state index in [4.69, 9.17) is 10.5 Å². The fourth-order valence-corrected chi connectivity index (χ4v) is 2.12. The number of amides is 1. The van der Waals surface area contributed by atoms with Gasteiger partial charge in [0, 0.05) is 17.1 Å². The Kier molecular flexibility index (Phi) is 3.75. The van der Waals surface area contributed by atoms with Crippen LogP contribution in [0.3, 0.4) is 0 Å². The van der Waals surface area contributed by atoms with Gasteiger partial charge >= 0.3 is 6.09 Å². The fraction of sp³-hybridized carbons (Fsp3) is 0.417. The number of carbonyl (C=O) groups excluding carboxylic acids is 1. The number of aromatic nitrogens is 3. The van der Waals surface area contributed by atoms with E-state index < -0.39 is 11.7 Å². The van der Waals surface area contributed by atoms with Crippen molar-refractivity contribution < 1.29 is 9.53 Å². The Labute approximate surface area is 118 Å². The number of H-pyrrole nitrogens is 1. The highest BCUT2D eigenvalue weighted by atomic mass is 79.9. The zero-order valence-electron chi connectivity index (χ0n) is 10.7. The summed E-state index contributed by atoms with van der Waals surface area (Å²) in [4.78, 5) is 22.5. The van der Waals surface area contributed by atoms with E-state index in [9.17, 15) is 4.79 Å². The molecule has 0 aliphatic heterocycles. The van der Waals surface area contributed by atoms with E-state index in [2.05, 4.69) is 30.9 Å². The quantitative estimate of drug-likeness (QED) is 0.902. The normalized spacial score (nSPS) is 11.7. The minimum Gasteiger partial charge on any atom is -0.444 e. The van der Waals surface area contributed by atoms with Crippen molar-refractivity contribution in [2.24, 2.45) is 5.73 Å². The summed E-state index contributed by atoms with van der Waals surface area (Å²) in [5.41, 5.74) is 5.96. The summed E-state index contributed by atoms with van der Waals surface area (Å²) in [6, 6.07) is 1.92. The number of nitrogens with zero attached hydrogens (tertiary/aromatic N) is 2. The van der Waals surface area contributed by atoms with Crippen LogP contribution in [0.4, 0.5) is 4.79 Å². The lowest BCUT2D eigenvalue weighted by Crippen LogP contribution is -2.31. The molecule has 2 rings (SSSR count). The van der Waals surface area contributed by atoms with Crippen LogP contribution in [0.2, 0.25) is 0 Å². The number of hydrogen-bond acceptors (Lipinski definition) is 4. The summed E-state index contributed by atoms with van der Waals surface area (Å²) < 4.78 is 5.92. The standard InChI is InChI=1S/C12H15BrN4O2/c1-12(2,19-11(14)18)4-3-9-16-8-5-7(13)6-15-10(8)17-9/h5-6H,3-4H2,1-2H3,(H2,14,18)(H,15,16,17). The predicted octanol–water partition coefficient (Wildman–Crippen LogP) is 2.53. The molecule has 3 N–H and O–H groups in total. The molecule has 0 radical (unpaired) electrons. The molecule has 19 heavy (non-hydrogen) atoms. The Bertz CT molecular complexity index is 609. The van der Waals surface area contributed by atoms with Crippen LogP contribution in [0, 0.1) is 0 Å². The van der Waals surface area contributed by atoms with Gasteiger partial charge in [0.1, 0.15) is 11.4 Å². The molecule has 0 aliphatic rings. The molecule has 0 unspecified atom stereocenters. The number of carbonyl (C=O) groups is 1. The highest BCUT2D eigenvalue weighted by molar-refractivity contribution is 9.10. The highest BCUT2D eigenvalue weighted by Gasteiger charge is 2.22. The number of primary amides is 1. The molecule has 0 atom stereocenters. The van der Waals surface area contributed by atoms with E-state index in [1.165, 1.54) is 0 Å². The molecule has 0 bridgehead atoms. The van der Waals surface area contributed by atoms with Gasteiger partial charge in [0.15, 0.2) is 5.65 Å². The van der Waals surface area contributed by atoms with E-state index in [0.29, 0.717) is 18.5 Å².